The molecule has 9 heteroatoms. The van der Waals surface area contributed by atoms with E-state index in [9.17, 15) is 14.4 Å². The van der Waals surface area contributed by atoms with Gasteiger partial charge >= 0.3 is 0 Å². The summed E-state index contributed by atoms with van der Waals surface area (Å²) in [6, 6.07) is 7.56. The topological polar surface area (TPSA) is 92.7 Å². The lowest BCUT2D eigenvalue weighted by molar-refractivity contribution is -0.128. The fourth-order valence-corrected chi connectivity index (χ4v) is 4.21. The minimum absolute atomic E-state index is 0.0150. The fraction of sp³-hybridized carbons (Fsp3) is 0.364. The van der Waals surface area contributed by atoms with Crippen molar-refractivity contribution >= 4 is 52.0 Å². The van der Waals surface area contributed by atoms with Gasteiger partial charge in [0.1, 0.15) is 12.1 Å². The standard InChI is InChI=1S/C22H24N4O4S/c1-2-26-21(29)17(20(28)24-22(26)31)10-14-12-25(18-8-4-3-7-16(14)18)13-19(27)23-11-15-6-5-9-30-15/h3-4,7-8,10,12,15H,2,5-6,9,11,13H2,1H3,(H,23,27)(H,24,28,31)/b17-10+. The van der Waals surface area contributed by atoms with Crippen molar-refractivity contribution in [1.29, 1.82) is 0 Å². The van der Waals surface area contributed by atoms with E-state index in [0.29, 0.717) is 18.7 Å². The van der Waals surface area contributed by atoms with E-state index in [-0.39, 0.29) is 29.2 Å². The largest absolute Gasteiger partial charge is 0.376 e. The molecule has 2 N–H and O–H groups in total. The lowest BCUT2D eigenvalue weighted by Gasteiger charge is -2.27. The minimum Gasteiger partial charge on any atom is -0.376 e. The molecule has 0 spiro atoms. The van der Waals surface area contributed by atoms with E-state index >= 15 is 0 Å². The van der Waals surface area contributed by atoms with Gasteiger partial charge in [0.2, 0.25) is 5.91 Å². The van der Waals surface area contributed by atoms with Gasteiger partial charge in [0.25, 0.3) is 11.8 Å². The number of ether oxygens (including phenoxy) is 1. The third kappa shape index (κ3) is 4.38. The summed E-state index contributed by atoms with van der Waals surface area (Å²) in [5.74, 6) is -1.07. The van der Waals surface area contributed by atoms with E-state index in [1.165, 1.54) is 4.90 Å². The van der Waals surface area contributed by atoms with E-state index in [1.807, 2.05) is 28.8 Å². The molecule has 8 nitrogen and oxygen atoms in total. The fourth-order valence-electron chi connectivity index (χ4n) is 3.90. The summed E-state index contributed by atoms with van der Waals surface area (Å²) in [6.07, 6.45) is 5.40. The summed E-state index contributed by atoms with van der Waals surface area (Å²) in [5, 5.41) is 6.44. The molecular weight excluding hydrogens is 416 g/mol. The highest BCUT2D eigenvalue weighted by atomic mass is 32.1. The van der Waals surface area contributed by atoms with Crippen molar-refractivity contribution in [1.82, 2.24) is 20.1 Å². The number of amides is 3. The van der Waals surface area contributed by atoms with Crippen molar-refractivity contribution in [3.05, 3.63) is 41.6 Å². The van der Waals surface area contributed by atoms with Crippen LogP contribution in [-0.2, 0) is 25.7 Å². The Morgan fingerprint density at radius 1 is 1.35 bits per heavy atom. The van der Waals surface area contributed by atoms with Crippen LogP contribution in [0, 0.1) is 0 Å². The molecule has 2 aromatic rings. The zero-order chi connectivity index (χ0) is 22.0. The van der Waals surface area contributed by atoms with E-state index in [4.69, 9.17) is 17.0 Å². The summed E-state index contributed by atoms with van der Waals surface area (Å²) in [5.41, 5.74) is 1.54. The molecule has 0 saturated carbocycles. The molecule has 31 heavy (non-hydrogen) atoms. The number of aromatic nitrogens is 1. The number of nitrogens with zero attached hydrogens (tertiary/aromatic N) is 2. The van der Waals surface area contributed by atoms with Crippen LogP contribution in [0.1, 0.15) is 25.3 Å². The van der Waals surface area contributed by atoms with Crippen molar-refractivity contribution in [3.63, 3.8) is 0 Å². The first-order chi connectivity index (χ1) is 15.0. The predicted molar refractivity (Wildman–Crippen MR) is 120 cm³/mol. The van der Waals surface area contributed by atoms with Crippen LogP contribution in [0.25, 0.3) is 17.0 Å². The van der Waals surface area contributed by atoms with Crippen LogP contribution in [0.3, 0.4) is 0 Å². The number of carbonyl (C=O) groups is 3. The van der Waals surface area contributed by atoms with Gasteiger partial charge in [0.05, 0.1) is 6.10 Å². The number of hydrogen-bond donors (Lipinski definition) is 2. The van der Waals surface area contributed by atoms with Crippen molar-refractivity contribution in [2.45, 2.75) is 32.4 Å². The number of carbonyl (C=O) groups excluding carboxylic acids is 3. The maximum absolute atomic E-state index is 12.7. The molecule has 1 unspecified atom stereocenters. The number of benzene rings is 1. The van der Waals surface area contributed by atoms with Crippen LogP contribution >= 0.6 is 12.2 Å². The first-order valence-electron chi connectivity index (χ1n) is 10.3. The lowest BCUT2D eigenvalue weighted by atomic mass is 10.1. The number of nitrogens with one attached hydrogen (secondary N) is 2. The van der Waals surface area contributed by atoms with E-state index in [1.54, 1.807) is 19.2 Å². The average Bonchev–Trinajstić information content (AvgIpc) is 3.38. The van der Waals surface area contributed by atoms with E-state index in [2.05, 4.69) is 10.6 Å². The Kier molecular flexibility index (Phi) is 6.15. The monoisotopic (exact) mass is 440 g/mol. The van der Waals surface area contributed by atoms with Crippen LogP contribution in [0.5, 0.6) is 0 Å². The van der Waals surface area contributed by atoms with Crippen LogP contribution < -0.4 is 10.6 Å². The maximum Gasteiger partial charge on any atom is 0.265 e. The Labute approximate surface area is 185 Å². The molecule has 0 radical (unpaired) electrons. The molecule has 0 bridgehead atoms. The molecule has 2 saturated heterocycles. The maximum atomic E-state index is 12.7. The summed E-state index contributed by atoms with van der Waals surface area (Å²) >= 11 is 5.08. The van der Waals surface area contributed by atoms with Crippen molar-refractivity contribution < 1.29 is 19.1 Å². The van der Waals surface area contributed by atoms with Crippen molar-refractivity contribution in [3.8, 4) is 0 Å². The second-order valence-electron chi connectivity index (χ2n) is 7.54. The highest BCUT2D eigenvalue weighted by Crippen LogP contribution is 2.25. The Bertz CT molecular complexity index is 1080. The third-order valence-corrected chi connectivity index (χ3v) is 5.81. The molecule has 1 aromatic carbocycles. The smallest absolute Gasteiger partial charge is 0.265 e. The molecule has 162 valence electrons. The van der Waals surface area contributed by atoms with Gasteiger partial charge in [-0.25, -0.2) is 0 Å². The second-order valence-corrected chi connectivity index (χ2v) is 7.92. The van der Waals surface area contributed by atoms with Crippen LogP contribution in [0.2, 0.25) is 0 Å². The number of likely N-dealkylation sites (N-methyl/N-ethyl adjacent to an activating group) is 1. The number of rotatable bonds is 6. The quantitative estimate of drug-likeness (QED) is 0.404. The van der Waals surface area contributed by atoms with Gasteiger partial charge in [-0.3, -0.25) is 24.6 Å². The molecule has 1 aromatic heterocycles. The Hall–Kier alpha value is -3.04. The average molecular weight is 441 g/mol. The third-order valence-electron chi connectivity index (χ3n) is 5.49. The van der Waals surface area contributed by atoms with Crippen molar-refractivity contribution in [2.24, 2.45) is 0 Å². The van der Waals surface area contributed by atoms with E-state index < -0.39 is 11.8 Å². The zero-order valence-corrected chi connectivity index (χ0v) is 18.0. The normalized spacial score (nSPS) is 20.5. The van der Waals surface area contributed by atoms with Gasteiger partial charge in [-0.15, -0.1) is 0 Å². The highest BCUT2D eigenvalue weighted by Gasteiger charge is 2.32. The summed E-state index contributed by atoms with van der Waals surface area (Å²) < 4.78 is 7.37. The molecule has 0 aliphatic carbocycles. The molecule has 4 rings (SSSR count). The SMILES string of the molecule is CCN1C(=O)/C(=C/c2cn(CC(=O)NCC3CCCO3)c3ccccc23)C(=O)NC1=S. The van der Waals surface area contributed by atoms with Gasteiger partial charge in [-0.05, 0) is 44.1 Å². The first kappa shape index (κ1) is 21.2. The number of hydrogen-bond acceptors (Lipinski definition) is 5. The van der Waals surface area contributed by atoms with Crippen LogP contribution in [-0.4, -0.2) is 58.1 Å². The van der Waals surface area contributed by atoms with Gasteiger partial charge in [-0.2, -0.15) is 0 Å². The molecule has 1 atom stereocenters. The number of thiocarbonyl (C=S) groups is 1. The minimum atomic E-state index is -0.522. The Morgan fingerprint density at radius 2 is 2.16 bits per heavy atom. The van der Waals surface area contributed by atoms with E-state index in [0.717, 1.165) is 30.4 Å². The molecule has 2 aliphatic rings. The Balaban J connectivity index is 1.60. The molecule has 3 heterocycles. The van der Waals surface area contributed by atoms with Gasteiger partial charge in [0, 0.05) is 42.4 Å². The lowest BCUT2D eigenvalue weighted by Crippen LogP contribution is -2.53. The number of fused-ring (bicyclic) bond motifs is 1. The van der Waals surface area contributed by atoms with Crippen LogP contribution in [0.15, 0.2) is 36.0 Å². The van der Waals surface area contributed by atoms with Crippen molar-refractivity contribution in [2.75, 3.05) is 19.7 Å². The molecule has 3 amide bonds. The summed E-state index contributed by atoms with van der Waals surface area (Å²) in [7, 11) is 0. The van der Waals surface area contributed by atoms with Gasteiger partial charge in [0.15, 0.2) is 5.11 Å². The Morgan fingerprint density at radius 3 is 2.90 bits per heavy atom. The van der Waals surface area contributed by atoms with Crippen LogP contribution in [0.4, 0.5) is 0 Å². The summed E-state index contributed by atoms with van der Waals surface area (Å²) in [4.78, 5) is 39.0. The highest BCUT2D eigenvalue weighted by molar-refractivity contribution is 7.80. The van der Waals surface area contributed by atoms with Gasteiger partial charge in [-0.1, -0.05) is 18.2 Å². The zero-order valence-electron chi connectivity index (χ0n) is 17.2. The van der Waals surface area contributed by atoms with Gasteiger partial charge < -0.3 is 14.6 Å². The second kappa shape index (κ2) is 8.99. The number of para-hydroxylation sites is 1. The molecule has 2 aliphatic heterocycles. The molecule has 2 fully saturated rings. The first-order valence-corrected chi connectivity index (χ1v) is 10.7. The summed E-state index contributed by atoms with van der Waals surface area (Å²) in [6.45, 7) is 3.52. The molecular formula is C22H24N4O4S. The predicted octanol–water partition coefficient (Wildman–Crippen LogP) is 1.58.